The number of hydrogen-bond donors (Lipinski definition) is 1. The van der Waals surface area contributed by atoms with Crippen LogP contribution < -0.4 is 4.90 Å². The van der Waals surface area contributed by atoms with Crippen molar-refractivity contribution in [3.05, 3.63) is 17.5 Å². The van der Waals surface area contributed by atoms with Crippen LogP contribution in [0.2, 0.25) is 0 Å². The Morgan fingerprint density at radius 2 is 1.82 bits per heavy atom. The minimum atomic E-state index is -0.879. The Morgan fingerprint density at radius 3 is 2.18 bits per heavy atom. The van der Waals surface area contributed by atoms with Crippen LogP contribution in [-0.2, 0) is 17.6 Å². The zero-order valence-electron chi connectivity index (χ0n) is 10.8. The third-order valence-electron chi connectivity index (χ3n) is 2.80. The standard InChI is InChI=1S/C12H19N3O2/c1-5-9-7-10(6-2)14-12(13-9)15(4)8(3)11(16)17/h7-8H,5-6H2,1-4H3,(H,16,17). The molecule has 1 rings (SSSR count). The molecule has 0 amide bonds. The first-order valence-electron chi connectivity index (χ1n) is 5.82. The Labute approximate surface area is 102 Å². The summed E-state index contributed by atoms with van der Waals surface area (Å²) in [6, 6.07) is 1.33. The quantitative estimate of drug-likeness (QED) is 0.840. The molecule has 5 nitrogen and oxygen atoms in total. The number of aliphatic carboxylic acids is 1. The number of aryl methyl sites for hydroxylation is 2. The molecule has 0 aromatic carbocycles. The third kappa shape index (κ3) is 3.15. The molecule has 1 atom stereocenters. The van der Waals surface area contributed by atoms with Crippen molar-refractivity contribution in [2.75, 3.05) is 11.9 Å². The Hall–Kier alpha value is -1.65. The molecule has 0 aliphatic carbocycles. The fourth-order valence-electron chi connectivity index (χ4n) is 1.40. The van der Waals surface area contributed by atoms with Crippen molar-refractivity contribution in [2.45, 2.75) is 39.7 Å². The van der Waals surface area contributed by atoms with E-state index in [0.717, 1.165) is 24.2 Å². The largest absolute Gasteiger partial charge is 0.480 e. The zero-order valence-corrected chi connectivity index (χ0v) is 10.8. The van der Waals surface area contributed by atoms with Gasteiger partial charge in [0.1, 0.15) is 6.04 Å². The van der Waals surface area contributed by atoms with E-state index in [4.69, 9.17) is 5.11 Å². The first-order valence-corrected chi connectivity index (χ1v) is 5.82. The molecule has 1 aromatic heterocycles. The van der Waals surface area contributed by atoms with Gasteiger partial charge in [0.05, 0.1) is 0 Å². The maximum atomic E-state index is 10.9. The second kappa shape index (κ2) is 5.61. The van der Waals surface area contributed by atoms with Crippen LogP contribution in [0.4, 0.5) is 5.95 Å². The van der Waals surface area contributed by atoms with Gasteiger partial charge in [-0.15, -0.1) is 0 Å². The van der Waals surface area contributed by atoms with E-state index in [1.807, 2.05) is 19.9 Å². The lowest BCUT2D eigenvalue weighted by Crippen LogP contribution is -2.37. The normalized spacial score (nSPS) is 12.2. The van der Waals surface area contributed by atoms with Gasteiger partial charge in [-0.25, -0.2) is 14.8 Å². The van der Waals surface area contributed by atoms with E-state index in [1.165, 1.54) is 0 Å². The molecular weight excluding hydrogens is 218 g/mol. The van der Waals surface area contributed by atoms with Gasteiger partial charge >= 0.3 is 5.97 Å². The van der Waals surface area contributed by atoms with Crippen molar-refractivity contribution in [2.24, 2.45) is 0 Å². The number of anilines is 1. The predicted octanol–water partition coefficient (Wildman–Crippen LogP) is 1.51. The van der Waals surface area contributed by atoms with Crippen LogP contribution in [0.25, 0.3) is 0 Å². The molecule has 1 N–H and O–H groups in total. The Balaban J connectivity index is 3.07. The Morgan fingerprint density at radius 1 is 1.35 bits per heavy atom. The van der Waals surface area contributed by atoms with E-state index >= 15 is 0 Å². The maximum Gasteiger partial charge on any atom is 0.326 e. The highest BCUT2D eigenvalue weighted by atomic mass is 16.4. The Kier molecular flexibility index (Phi) is 4.43. The molecule has 1 aromatic rings. The lowest BCUT2D eigenvalue weighted by Gasteiger charge is -2.22. The number of hydrogen-bond acceptors (Lipinski definition) is 4. The van der Waals surface area contributed by atoms with Crippen LogP contribution in [0.5, 0.6) is 0 Å². The van der Waals surface area contributed by atoms with Gasteiger partial charge in [0.25, 0.3) is 0 Å². The molecule has 0 saturated heterocycles. The third-order valence-corrected chi connectivity index (χ3v) is 2.80. The van der Waals surface area contributed by atoms with Crippen LogP contribution in [0.1, 0.15) is 32.2 Å². The summed E-state index contributed by atoms with van der Waals surface area (Å²) in [5.74, 6) is -0.396. The molecule has 1 unspecified atom stereocenters. The number of rotatable bonds is 5. The van der Waals surface area contributed by atoms with E-state index in [0.29, 0.717) is 5.95 Å². The molecule has 0 saturated carbocycles. The van der Waals surface area contributed by atoms with Gasteiger partial charge in [-0.2, -0.15) is 0 Å². The van der Waals surface area contributed by atoms with Gasteiger partial charge in [0.2, 0.25) is 5.95 Å². The number of aromatic nitrogens is 2. The number of carboxylic acids is 1. The minimum Gasteiger partial charge on any atom is -0.480 e. The lowest BCUT2D eigenvalue weighted by molar-refractivity contribution is -0.138. The average molecular weight is 237 g/mol. The van der Waals surface area contributed by atoms with Gasteiger partial charge < -0.3 is 10.0 Å². The van der Waals surface area contributed by atoms with Crippen LogP contribution in [0, 0.1) is 0 Å². The van der Waals surface area contributed by atoms with Crippen molar-refractivity contribution in [3.8, 4) is 0 Å². The summed E-state index contributed by atoms with van der Waals surface area (Å²) in [7, 11) is 1.70. The number of nitrogens with zero attached hydrogens (tertiary/aromatic N) is 3. The molecule has 0 fully saturated rings. The summed E-state index contributed by atoms with van der Waals surface area (Å²) < 4.78 is 0. The smallest absolute Gasteiger partial charge is 0.326 e. The lowest BCUT2D eigenvalue weighted by atomic mass is 10.2. The minimum absolute atomic E-state index is 0.483. The van der Waals surface area contributed by atoms with Crippen LogP contribution in [0.15, 0.2) is 6.07 Å². The highest BCUT2D eigenvalue weighted by Gasteiger charge is 2.19. The molecule has 0 spiro atoms. The van der Waals surface area contributed by atoms with Crippen LogP contribution in [-0.4, -0.2) is 34.1 Å². The SMILES string of the molecule is CCc1cc(CC)nc(N(C)C(C)C(=O)O)n1. The van der Waals surface area contributed by atoms with E-state index in [1.54, 1.807) is 18.9 Å². The molecule has 0 aliphatic heterocycles. The van der Waals surface area contributed by atoms with Gasteiger partial charge in [-0.3, -0.25) is 0 Å². The molecule has 5 heteroatoms. The molecule has 0 bridgehead atoms. The molecule has 17 heavy (non-hydrogen) atoms. The fraction of sp³-hybridized carbons (Fsp3) is 0.583. The maximum absolute atomic E-state index is 10.9. The summed E-state index contributed by atoms with van der Waals surface area (Å²) in [6.07, 6.45) is 1.63. The highest BCUT2D eigenvalue weighted by Crippen LogP contribution is 2.13. The van der Waals surface area contributed by atoms with Gasteiger partial charge in [-0.1, -0.05) is 13.8 Å². The first-order chi connectivity index (χ1) is 7.99. The predicted molar refractivity (Wildman–Crippen MR) is 66.3 cm³/mol. The van der Waals surface area contributed by atoms with Gasteiger partial charge in [0, 0.05) is 18.4 Å². The van der Waals surface area contributed by atoms with E-state index in [9.17, 15) is 4.79 Å². The van der Waals surface area contributed by atoms with Crippen molar-refractivity contribution < 1.29 is 9.90 Å². The van der Waals surface area contributed by atoms with Crippen molar-refractivity contribution in [1.29, 1.82) is 0 Å². The number of likely N-dealkylation sites (N-methyl/N-ethyl adjacent to an activating group) is 1. The topological polar surface area (TPSA) is 66.3 Å². The summed E-state index contributed by atoms with van der Waals surface area (Å²) in [5, 5.41) is 8.97. The van der Waals surface area contributed by atoms with Crippen molar-refractivity contribution in [1.82, 2.24) is 9.97 Å². The summed E-state index contributed by atoms with van der Waals surface area (Å²) in [4.78, 5) is 21.2. The van der Waals surface area contributed by atoms with Crippen molar-refractivity contribution >= 4 is 11.9 Å². The van der Waals surface area contributed by atoms with Crippen LogP contribution >= 0.6 is 0 Å². The monoisotopic (exact) mass is 237 g/mol. The Bertz CT molecular complexity index is 384. The van der Waals surface area contributed by atoms with E-state index in [2.05, 4.69) is 9.97 Å². The van der Waals surface area contributed by atoms with E-state index < -0.39 is 12.0 Å². The summed E-state index contributed by atoms with van der Waals surface area (Å²) in [5.41, 5.74) is 1.88. The zero-order chi connectivity index (χ0) is 13.0. The fourth-order valence-corrected chi connectivity index (χ4v) is 1.40. The second-order valence-electron chi connectivity index (χ2n) is 3.98. The molecule has 0 aliphatic rings. The number of carboxylic acid groups (broad SMARTS) is 1. The van der Waals surface area contributed by atoms with E-state index in [-0.39, 0.29) is 0 Å². The highest BCUT2D eigenvalue weighted by molar-refractivity contribution is 5.76. The molecule has 1 heterocycles. The molecular formula is C12H19N3O2. The second-order valence-corrected chi connectivity index (χ2v) is 3.98. The number of carbonyl (C=O) groups is 1. The van der Waals surface area contributed by atoms with Crippen molar-refractivity contribution in [3.63, 3.8) is 0 Å². The van der Waals surface area contributed by atoms with Gasteiger partial charge in [0.15, 0.2) is 0 Å². The molecule has 94 valence electrons. The van der Waals surface area contributed by atoms with Crippen LogP contribution in [0.3, 0.4) is 0 Å². The summed E-state index contributed by atoms with van der Waals surface area (Å²) >= 11 is 0. The average Bonchev–Trinajstić information content (AvgIpc) is 2.35. The summed E-state index contributed by atoms with van der Waals surface area (Å²) in [6.45, 7) is 5.66. The molecule has 0 radical (unpaired) electrons. The first kappa shape index (κ1) is 13.4. The van der Waals surface area contributed by atoms with Gasteiger partial charge in [-0.05, 0) is 25.8 Å².